The molecule has 2 aromatic carbocycles. The number of aromatic nitrogens is 3. The number of pyridine rings is 1. The number of nitrogen functional groups attached to an aromatic ring is 1. The quantitative estimate of drug-likeness (QED) is 0.365. The second-order valence-electron chi connectivity index (χ2n) is 7.95. The highest BCUT2D eigenvalue weighted by Gasteiger charge is 2.23. The van der Waals surface area contributed by atoms with Gasteiger partial charge in [0.15, 0.2) is 5.82 Å². The molecule has 2 heterocycles. The molecular weight excluding hydrogens is 486 g/mol. The molecule has 0 aliphatic rings. The molecule has 0 aliphatic heterocycles. The standard InChI is InChI=1S/C22H21ClF2N6O2S/c1-31-21-15(3-4-17(23)19(21)22(29-31)30-34(2,32)33)16-9-14(26)10-28-20(16)18(27)7-11-5-12(24)8-13(25)6-11/h3-6,8-10,18H,7,26-27H2,1-2H3,(H,29,30)/t18-/m0/s1. The predicted molar refractivity (Wildman–Crippen MR) is 129 cm³/mol. The van der Waals surface area contributed by atoms with Crippen molar-refractivity contribution in [3.05, 3.63) is 70.5 Å². The second kappa shape index (κ2) is 8.82. The molecule has 0 saturated heterocycles. The van der Waals surface area contributed by atoms with Crippen molar-refractivity contribution in [2.45, 2.75) is 12.5 Å². The predicted octanol–water partition coefficient (Wildman–Crippen LogP) is 3.76. The number of benzene rings is 2. The second-order valence-corrected chi connectivity index (χ2v) is 10.1. The Labute approximate surface area is 199 Å². The fourth-order valence-electron chi connectivity index (χ4n) is 3.92. The van der Waals surface area contributed by atoms with Gasteiger partial charge in [-0.2, -0.15) is 5.10 Å². The molecular formula is C22H21ClF2N6O2S. The Balaban J connectivity index is 1.88. The van der Waals surface area contributed by atoms with Gasteiger partial charge in [0.1, 0.15) is 11.6 Å². The molecule has 1 atom stereocenters. The van der Waals surface area contributed by atoms with Gasteiger partial charge in [-0.15, -0.1) is 0 Å². The lowest BCUT2D eigenvalue weighted by molar-refractivity contribution is 0.575. The average Bonchev–Trinajstić information content (AvgIpc) is 3.02. The Morgan fingerprint density at radius 3 is 2.47 bits per heavy atom. The van der Waals surface area contributed by atoms with Crippen molar-refractivity contribution >= 4 is 44.0 Å². The number of anilines is 2. The number of hydrogen-bond donors (Lipinski definition) is 3. The number of hydrogen-bond acceptors (Lipinski definition) is 6. The molecule has 0 amide bonds. The summed E-state index contributed by atoms with van der Waals surface area (Å²) in [5, 5.41) is 4.96. The normalized spacial score (nSPS) is 12.8. The van der Waals surface area contributed by atoms with Crippen LogP contribution in [0.3, 0.4) is 0 Å². The van der Waals surface area contributed by atoms with Gasteiger partial charge in [-0.1, -0.05) is 17.7 Å². The van der Waals surface area contributed by atoms with Crippen LogP contribution in [-0.4, -0.2) is 29.4 Å². The van der Waals surface area contributed by atoms with Crippen molar-refractivity contribution in [3.8, 4) is 11.1 Å². The van der Waals surface area contributed by atoms with Crippen molar-refractivity contribution in [2.75, 3.05) is 16.7 Å². The SMILES string of the molecule is Cn1nc(NS(C)(=O)=O)c2c(Cl)ccc(-c3cc(N)cnc3[C@@H](N)Cc3cc(F)cc(F)c3)c21. The maximum atomic E-state index is 13.7. The van der Waals surface area contributed by atoms with Crippen LogP contribution in [0.4, 0.5) is 20.3 Å². The van der Waals surface area contributed by atoms with E-state index in [9.17, 15) is 17.2 Å². The largest absolute Gasteiger partial charge is 0.397 e. The Hall–Kier alpha value is -3.28. The summed E-state index contributed by atoms with van der Waals surface area (Å²) in [4.78, 5) is 4.41. The molecule has 0 saturated carbocycles. The lowest BCUT2D eigenvalue weighted by atomic mass is 9.94. The molecule has 0 unspecified atom stereocenters. The van der Waals surface area contributed by atoms with Crippen molar-refractivity contribution in [2.24, 2.45) is 12.8 Å². The van der Waals surface area contributed by atoms with E-state index in [0.29, 0.717) is 39.0 Å². The Morgan fingerprint density at radius 2 is 1.82 bits per heavy atom. The van der Waals surface area contributed by atoms with Gasteiger partial charge in [0, 0.05) is 24.2 Å². The highest BCUT2D eigenvalue weighted by molar-refractivity contribution is 7.92. The van der Waals surface area contributed by atoms with Crippen LogP contribution >= 0.6 is 11.6 Å². The van der Waals surface area contributed by atoms with E-state index in [1.165, 1.54) is 23.0 Å². The van der Waals surface area contributed by atoms with Crippen LogP contribution in [0.5, 0.6) is 0 Å². The number of rotatable bonds is 6. The topological polar surface area (TPSA) is 129 Å². The van der Waals surface area contributed by atoms with Gasteiger partial charge in [-0.25, -0.2) is 17.2 Å². The van der Waals surface area contributed by atoms with E-state index in [0.717, 1.165) is 12.3 Å². The molecule has 0 fully saturated rings. The van der Waals surface area contributed by atoms with E-state index in [-0.39, 0.29) is 17.3 Å². The van der Waals surface area contributed by atoms with Gasteiger partial charge in [0.2, 0.25) is 10.0 Å². The molecule has 0 radical (unpaired) electrons. The van der Waals surface area contributed by atoms with E-state index in [2.05, 4.69) is 14.8 Å². The fourth-order valence-corrected chi connectivity index (χ4v) is 4.66. The van der Waals surface area contributed by atoms with Crippen molar-refractivity contribution in [1.29, 1.82) is 0 Å². The van der Waals surface area contributed by atoms with Gasteiger partial charge in [-0.05, 0) is 36.2 Å². The number of nitrogens with one attached hydrogen (secondary N) is 1. The Kier molecular flexibility index (Phi) is 6.19. The average molecular weight is 507 g/mol. The van der Waals surface area contributed by atoms with Gasteiger partial charge >= 0.3 is 0 Å². The van der Waals surface area contributed by atoms with Crippen molar-refractivity contribution < 1.29 is 17.2 Å². The maximum absolute atomic E-state index is 13.7. The smallest absolute Gasteiger partial charge is 0.231 e. The third kappa shape index (κ3) is 4.81. The molecule has 4 rings (SSSR count). The first-order chi connectivity index (χ1) is 15.9. The maximum Gasteiger partial charge on any atom is 0.231 e. The Bertz CT molecular complexity index is 1500. The summed E-state index contributed by atoms with van der Waals surface area (Å²) < 4.78 is 54.9. The summed E-state index contributed by atoms with van der Waals surface area (Å²) in [5.74, 6) is -1.33. The summed E-state index contributed by atoms with van der Waals surface area (Å²) in [6, 6.07) is 7.49. The zero-order chi connectivity index (χ0) is 24.8. The summed E-state index contributed by atoms with van der Waals surface area (Å²) in [5.41, 5.74) is 15.3. The zero-order valence-electron chi connectivity index (χ0n) is 18.2. The summed E-state index contributed by atoms with van der Waals surface area (Å²) in [6.07, 6.45) is 2.57. The highest BCUT2D eigenvalue weighted by atomic mass is 35.5. The van der Waals surface area contributed by atoms with E-state index < -0.39 is 27.7 Å². The number of aryl methyl sites for hydroxylation is 1. The molecule has 0 aliphatic carbocycles. The lowest BCUT2D eigenvalue weighted by Crippen LogP contribution is -2.17. The third-order valence-corrected chi connectivity index (χ3v) is 6.06. The van der Waals surface area contributed by atoms with Crippen LogP contribution in [-0.2, 0) is 23.5 Å². The number of sulfonamides is 1. The van der Waals surface area contributed by atoms with Crippen molar-refractivity contribution in [3.63, 3.8) is 0 Å². The van der Waals surface area contributed by atoms with Gasteiger partial charge in [-0.3, -0.25) is 14.4 Å². The van der Waals surface area contributed by atoms with E-state index >= 15 is 0 Å². The van der Waals surface area contributed by atoms with Crippen LogP contribution in [0.15, 0.2) is 42.6 Å². The first kappa shape index (κ1) is 23.9. The van der Waals surface area contributed by atoms with Crippen LogP contribution < -0.4 is 16.2 Å². The number of nitrogens with two attached hydrogens (primary N) is 2. The molecule has 0 bridgehead atoms. The van der Waals surface area contributed by atoms with Gasteiger partial charge in [0.05, 0.1) is 45.8 Å². The summed E-state index contributed by atoms with van der Waals surface area (Å²) >= 11 is 6.41. The highest BCUT2D eigenvalue weighted by Crippen LogP contribution is 2.39. The Morgan fingerprint density at radius 1 is 1.15 bits per heavy atom. The molecule has 34 heavy (non-hydrogen) atoms. The first-order valence-corrected chi connectivity index (χ1v) is 12.3. The zero-order valence-corrected chi connectivity index (χ0v) is 19.8. The molecule has 12 heteroatoms. The molecule has 178 valence electrons. The van der Waals surface area contributed by atoms with Gasteiger partial charge in [0.25, 0.3) is 0 Å². The van der Waals surface area contributed by atoms with E-state index in [1.54, 1.807) is 25.2 Å². The first-order valence-electron chi connectivity index (χ1n) is 10.0. The lowest BCUT2D eigenvalue weighted by Gasteiger charge is -2.18. The minimum absolute atomic E-state index is 0.0739. The minimum Gasteiger partial charge on any atom is -0.397 e. The molecule has 2 aromatic heterocycles. The molecule has 8 nitrogen and oxygen atoms in total. The van der Waals surface area contributed by atoms with Crippen LogP contribution in [0, 0.1) is 11.6 Å². The molecule has 0 spiro atoms. The molecule has 4 aromatic rings. The summed E-state index contributed by atoms with van der Waals surface area (Å²) in [7, 11) is -1.97. The van der Waals surface area contributed by atoms with Gasteiger partial charge < -0.3 is 11.5 Å². The number of halogens is 3. The summed E-state index contributed by atoms with van der Waals surface area (Å²) in [6.45, 7) is 0. The van der Waals surface area contributed by atoms with Crippen LogP contribution in [0.2, 0.25) is 5.02 Å². The molecule has 5 N–H and O–H groups in total. The minimum atomic E-state index is -3.62. The van der Waals surface area contributed by atoms with E-state index in [4.69, 9.17) is 23.1 Å². The fraction of sp³-hybridized carbons (Fsp3) is 0.182. The van der Waals surface area contributed by atoms with Crippen molar-refractivity contribution in [1.82, 2.24) is 14.8 Å². The van der Waals surface area contributed by atoms with Crippen LogP contribution in [0.1, 0.15) is 17.3 Å². The number of nitrogens with zero attached hydrogens (tertiary/aromatic N) is 3. The van der Waals surface area contributed by atoms with Crippen LogP contribution in [0.25, 0.3) is 22.0 Å². The number of fused-ring (bicyclic) bond motifs is 1. The third-order valence-electron chi connectivity index (χ3n) is 5.18. The monoisotopic (exact) mass is 506 g/mol. The van der Waals surface area contributed by atoms with E-state index in [1.807, 2.05) is 0 Å².